The van der Waals surface area contributed by atoms with Gasteiger partial charge in [-0.05, 0) is 25.5 Å². The molecule has 0 saturated carbocycles. The minimum atomic E-state index is 0.366. The van der Waals surface area contributed by atoms with E-state index in [0.29, 0.717) is 12.0 Å². The first kappa shape index (κ1) is 8.44. The molecule has 0 spiro atoms. The maximum absolute atomic E-state index is 5.52. The number of rotatable bonds is 1. The number of nitrogens with zero attached hydrogens (tertiary/aromatic N) is 2. The van der Waals surface area contributed by atoms with Crippen LogP contribution in [0.15, 0.2) is 12.3 Å². The van der Waals surface area contributed by atoms with E-state index in [1.165, 1.54) is 12.8 Å². The van der Waals surface area contributed by atoms with Crippen molar-refractivity contribution in [2.45, 2.75) is 25.3 Å². The van der Waals surface area contributed by atoms with Gasteiger partial charge < -0.3 is 11.1 Å². The van der Waals surface area contributed by atoms with E-state index >= 15 is 0 Å². The maximum Gasteiger partial charge on any atom is 0.220 e. The lowest BCUT2D eigenvalue weighted by Gasteiger charge is -2.22. The van der Waals surface area contributed by atoms with Crippen LogP contribution in [-0.2, 0) is 0 Å². The lowest BCUT2D eigenvalue weighted by molar-refractivity contribution is 0.405. The predicted molar refractivity (Wildman–Crippen MR) is 51.0 cm³/mol. The quantitative estimate of drug-likeness (QED) is 0.670. The van der Waals surface area contributed by atoms with Gasteiger partial charge in [-0.25, -0.2) is 9.97 Å². The van der Waals surface area contributed by atoms with Gasteiger partial charge in [0.25, 0.3) is 0 Å². The second-order valence-electron chi connectivity index (χ2n) is 3.34. The number of hydrogen-bond donors (Lipinski definition) is 2. The molecule has 1 fully saturated rings. The van der Waals surface area contributed by atoms with Crippen molar-refractivity contribution in [2.75, 3.05) is 12.3 Å². The lowest BCUT2D eigenvalue weighted by Crippen LogP contribution is -2.27. The van der Waals surface area contributed by atoms with Crippen LogP contribution in [0.1, 0.15) is 31.0 Å². The highest BCUT2D eigenvalue weighted by Gasteiger charge is 2.15. The summed E-state index contributed by atoms with van der Waals surface area (Å²) in [6, 6.07) is 2.30. The molecule has 0 amide bonds. The number of nitrogen functional groups attached to an aromatic ring is 1. The molecule has 1 aliphatic heterocycles. The van der Waals surface area contributed by atoms with E-state index in [9.17, 15) is 0 Å². The predicted octanol–water partition coefficient (Wildman–Crippen LogP) is 0.873. The third-order valence-corrected chi connectivity index (χ3v) is 2.36. The molecule has 4 nitrogen and oxygen atoms in total. The van der Waals surface area contributed by atoms with Crippen molar-refractivity contribution in [3.8, 4) is 0 Å². The molecule has 3 N–H and O–H groups in total. The maximum atomic E-state index is 5.52. The van der Waals surface area contributed by atoms with Crippen LogP contribution in [0.4, 0.5) is 5.95 Å². The van der Waals surface area contributed by atoms with Crippen LogP contribution in [0.3, 0.4) is 0 Å². The fraction of sp³-hybridized carbons (Fsp3) is 0.556. The number of hydrogen-bond acceptors (Lipinski definition) is 4. The Hall–Kier alpha value is -1.16. The number of aromatic nitrogens is 2. The second kappa shape index (κ2) is 3.70. The third-order valence-electron chi connectivity index (χ3n) is 2.36. The van der Waals surface area contributed by atoms with E-state index in [-0.39, 0.29) is 0 Å². The number of nitrogens with one attached hydrogen (secondary N) is 1. The normalized spacial score (nSPS) is 22.9. The van der Waals surface area contributed by atoms with Gasteiger partial charge >= 0.3 is 0 Å². The van der Waals surface area contributed by atoms with Crippen molar-refractivity contribution in [3.05, 3.63) is 18.0 Å². The molecule has 1 aromatic rings. The average molecular weight is 178 g/mol. The van der Waals surface area contributed by atoms with Crippen LogP contribution >= 0.6 is 0 Å². The summed E-state index contributed by atoms with van der Waals surface area (Å²) in [5, 5.41) is 3.42. The average Bonchev–Trinajstić information content (AvgIpc) is 2.19. The summed E-state index contributed by atoms with van der Waals surface area (Å²) in [6.45, 7) is 1.08. The Morgan fingerprint density at radius 1 is 1.46 bits per heavy atom. The Kier molecular flexibility index (Phi) is 2.40. The Bertz CT molecular complexity index is 281. The van der Waals surface area contributed by atoms with Crippen LogP contribution in [0.25, 0.3) is 0 Å². The lowest BCUT2D eigenvalue weighted by atomic mass is 10.0. The highest BCUT2D eigenvalue weighted by Crippen LogP contribution is 2.20. The fourth-order valence-electron chi connectivity index (χ4n) is 1.69. The molecular weight excluding hydrogens is 164 g/mol. The van der Waals surface area contributed by atoms with Gasteiger partial charge in [0.05, 0.1) is 5.69 Å². The van der Waals surface area contributed by atoms with Crippen molar-refractivity contribution in [3.63, 3.8) is 0 Å². The largest absolute Gasteiger partial charge is 0.368 e. The summed E-state index contributed by atoms with van der Waals surface area (Å²) >= 11 is 0. The van der Waals surface area contributed by atoms with E-state index < -0.39 is 0 Å². The van der Waals surface area contributed by atoms with Gasteiger partial charge in [-0.2, -0.15) is 0 Å². The summed E-state index contributed by atoms with van der Waals surface area (Å²) in [6.07, 6.45) is 5.39. The zero-order chi connectivity index (χ0) is 9.10. The van der Waals surface area contributed by atoms with E-state index in [2.05, 4.69) is 15.3 Å². The highest BCUT2D eigenvalue weighted by molar-refractivity contribution is 5.19. The first-order valence-corrected chi connectivity index (χ1v) is 4.68. The standard InChI is InChI=1S/C9H14N4/c10-9-12-6-4-8(13-9)7-3-1-2-5-11-7/h4,6-7,11H,1-3,5H2,(H2,10,12,13)/t7-/m1/s1. The summed E-state index contributed by atoms with van der Waals surface area (Å²) in [7, 11) is 0. The molecule has 1 atom stereocenters. The Labute approximate surface area is 77.6 Å². The SMILES string of the molecule is Nc1nccc([C@H]2CCCCN2)n1. The third kappa shape index (κ3) is 1.95. The van der Waals surface area contributed by atoms with Gasteiger partial charge in [0.1, 0.15) is 0 Å². The van der Waals surface area contributed by atoms with Gasteiger partial charge in [0.2, 0.25) is 5.95 Å². The smallest absolute Gasteiger partial charge is 0.220 e. The van der Waals surface area contributed by atoms with Crippen LogP contribution in [-0.4, -0.2) is 16.5 Å². The van der Waals surface area contributed by atoms with Crippen molar-refractivity contribution in [2.24, 2.45) is 0 Å². The van der Waals surface area contributed by atoms with Gasteiger partial charge in [0.15, 0.2) is 0 Å². The van der Waals surface area contributed by atoms with Crippen molar-refractivity contribution in [1.82, 2.24) is 15.3 Å². The van der Waals surface area contributed by atoms with Crippen molar-refractivity contribution >= 4 is 5.95 Å². The van der Waals surface area contributed by atoms with Crippen molar-refractivity contribution < 1.29 is 0 Å². The molecule has 4 heteroatoms. The molecule has 0 aromatic carbocycles. The van der Waals surface area contributed by atoms with Gasteiger partial charge in [-0.15, -0.1) is 0 Å². The van der Waals surface area contributed by atoms with E-state index in [1.54, 1.807) is 6.20 Å². The topological polar surface area (TPSA) is 63.8 Å². The molecule has 0 aliphatic carbocycles. The molecular formula is C9H14N4. The molecule has 0 radical (unpaired) electrons. The molecule has 2 heterocycles. The van der Waals surface area contributed by atoms with Gasteiger partial charge in [-0.3, -0.25) is 0 Å². The minimum Gasteiger partial charge on any atom is -0.368 e. The molecule has 0 bridgehead atoms. The van der Waals surface area contributed by atoms with Gasteiger partial charge in [-0.1, -0.05) is 6.42 Å². The van der Waals surface area contributed by atoms with Crippen LogP contribution in [0.2, 0.25) is 0 Å². The number of piperidine rings is 1. The first-order chi connectivity index (χ1) is 6.36. The van der Waals surface area contributed by atoms with E-state index in [0.717, 1.165) is 18.7 Å². The molecule has 70 valence electrons. The second-order valence-corrected chi connectivity index (χ2v) is 3.34. The zero-order valence-corrected chi connectivity index (χ0v) is 7.53. The Balaban J connectivity index is 2.14. The monoisotopic (exact) mass is 178 g/mol. The molecule has 0 unspecified atom stereocenters. The zero-order valence-electron chi connectivity index (χ0n) is 7.53. The fourth-order valence-corrected chi connectivity index (χ4v) is 1.69. The highest BCUT2D eigenvalue weighted by atomic mass is 15.0. The molecule has 1 saturated heterocycles. The first-order valence-electron chi connectivity index (χ1n) is 4.68. The molecule has 1 aliphatic rings. The van der Waals surface area contributed by atoms with Crippen LogP contribution in [0.5, 0.6) is 0 Å². The molecule has 2 rings (SSSR count). The summed E-state index contributed by atoms with van der Waals surface area (Å²) in [5.41, 5.74) is 6.54. The molecule has 1 aromatic heterocycles. The summed E-state index contributed by atoms with van der Waals surface area (Å²) in [5.74, 6) is 0.366. The number of nitrogens with two attached hydrogens (primary N) is 1. The summed E-state index contributed by atoms with van der Waals surface area (Å²) < 4.78 is 0. The van der Waals surface area contributed by atoms with Gasteiger partial charge in [0, 0.05) is 12.2 Å². The van der Waals surface area contributed by atoms with Crippen LogP contribution in [0, 0.1) is 0 Å². The minimum absolute atomic E-state index is 0.366. The van der Waals surface area contributed by atoms with Crippen molar-refractivity contribution in [1.29, 1.82) is 0 Å². The Morgan fingerprint density at radius 2 is 2.38 bits per heavy atom. The van der Waals surface area contributed by atoms with E-state index in [1.807, 2.05) is 6.07 Å². The Morgan fingerprint density at radius 3 is 3.08 bits per heavy atom. The number of anilines is 1. The van der Waals surface area contributed by atoms with E-state index in [4.69, 9.17) is 5.73 Å². The molecule has 13 heavy (non-hydrogen) atoms. The summed E-state index contributed by atoms with van der Waals surface area (Å²) in [4.78, 5) is 8.07. The van der Waals surface area contributed by atoms with Crippen LogP contribution < -0.4 is 11.1 Å².